The topological polar surface area (TPSA) is 77.8 Å². The Labute approximate surface area is 207 Å². The second-order valence-electron chi connectivity index (χ2n) is 11.1. The van der Waals surface area contributed by atoms with Crippen molar-refractivity contribution < 1.29 is 19.8 Å². The van der Waals surface area contributed by atoms with Crippen LogP contribution in [0.3, 0.4) is 0 Å². The van der Waals surface area contributed by atoms with E-state index in [9.17, 15) is 19.8 Å². The molecule has 7 heteroatoms. The molecule has 3 saturated carbocycles. The molecule has 0 aromatic carbocycles. The van der Waals surface area contributed by atoms with Crippen LogP contribution in [0.2, 0.25) is 0 Å². The zero-order valence-corrected chi connectivity index (χ0v) is 22.1. The second kappa shape index (κ2) is 9.03. The minimum atomic E-state index is -1.42. The van der Waals surface area contributed by atoms with E-state index < -0.39 is 17.1 Å². The number of ketones is 2. The van der Waals surface area contributed by atoms with Gasteiger partial charge in [-0.1, -0.05) is 43.4 Å². The molecule has 4 rings (SSSR count). The van der Waals surface area contributed by atoms with Crippen molar-refractivity contribution in [3.05, 3.63) is 11.6 Å². The average Bonchev–Trinajstić information content (AvgIpc) is 3.04. The van der Waals surface area contributed by atoms with Gasteiger partial charge in [-0.2, -0.15) is 0 Å². The predicted octanol–water partition coefficient (Wildman–Crippen LogP) is 4.15. The van der Waals surface area contributed by atoms with E-state index >= 15 is 0 Å². The summed E-state index contributed by atoms with van der Waals surface area (Å²) in [4.78, 5) is 27.6. The van der Waals surface area contributed by atoms with Crippen molar-refractivity contribution in [1.29, 1.82) is 0 Å². The van der Waals surface area contributed by atoms with Gasteiger partial charge in [-0.05, 0) is 81.6 Å². The van der Waals surface area contributed by atoms with E-state index in [1.54, 1.807) is 0 Å². The standard InChI is InChI=1S/C26H39NO4S2/c1-5-27(6-2)23(32)33-15-21(30)26(31)12-10-19-18-8-7-16-13-17(28)9-11-24(16,3)22(18)20(29)14-25(19,26)4/h13,18-20,22,29,31H,5-12,14-15H2,1-4H3/t18-,19+,20+,22-,24+,25+,26+/m1/s1. The molecule has 33 heavy (non-hydrogen) atoms. The van der Waals surface area contributed by atoms with E-state index in [2.05, 4.69) is 6.92 Å². The van der Waals surface area contributed by atoms with Gasteiger partial charge in [0, 0.05) is 24.9 Å². The first-order chi connectivity index (χ1) is 15.5. The van der Waals surface area contributed by atoms with Crippen LogP contribution in [0.5, 0.6) is 0 Å². The molecule has 0 aliphatic heterocycles. The Bertz CT molecular complexity index is 870. The van der Waals surface area contributed by atoms with Gasteiger partial charge in [-0.3, -0.25) is 9.59 Å². The number of thiocarbonyl (C=S) groups is 1. The molecule has 4 aliphatic carbocycles. The summed E-state index contributed by atoms with van der Waals surface area (Å²) in [6.07, 6.45) is 6.09. The van der Waals surface area contributed by atoms with Crippen LogP contribution in [0.4, 0.5) is 0 Å². The van der Waals surface area contributed by atoms with E-state index in [1.807, 2.05) is 31.7 Å². The van der Waals surface area contributed by atoms with E-state index in [4.69, 9.17) is 12.2 Å². The number of Topliss-reactive ketones (excluding diaryl/α,β-unsaturated/α-hetero) is 1. The number of fused-ring (bicyclic) bond motifs is 5. The molecule has 0 saturated heterocycles. The van der Waals surface area contributed by atoms with E-state index in [0.717, 1.165) is 38.8 Å². The highest BCUT2D eigenvalue weighted by Gasteiger charge is 2.68. The molecule has 2 N–H and O–H groups in total. The molecular formula is C26H39NO4S2. The zero-order chi connectivity index (χ0) is 24.2. The number of carbonyl (C=O) groups excluding carboxylic acids is 2. The monoisotopic (exact) mass is 493 g/mol. The number of hydrogen-bond donors (Lipinski definition) is 2. The maximum atomic E-state index is 13.4. The fourth-order valence-corrected chi connectivity index (χ4v) is 9.34. The van der Waals surface area contributed by atoms with Crippen molar-refractivity contribution in [2.24, 2.45) is 28.6 Å². The van der Waals surface area contributed by atoms with E-state index in [1.165, 1.54) is 17.3 Å². The summed E-state index contributed by atoms with van der Waals surface area (Å²) >= 11 is 6.85. The molecule has 7 atom stereocenters. The van der Waals surface area contributed by atoms with Gasteiger partial charge < -0.3 is 15.1 Å². The first-order valence-corrected chi connectivity index (χ1v) is 14.0. The first kappa shape index (κ1) is 25.3. The maximum Gasteiger partial charge on any atom is 0.175 e. The smallest absolute Gasteiger partial charge is 0.175 e. The van der Waals surface area contributed by atoms with Crippen molar-refractivity contribution in [3.63, 3.8) is 0 Å². The minimum Gasteiger partial charge on any atom is -0.393 e. The molecule has 0 radical (unpaired) electrons. The molecule has 0 aromatic rings. The van der Waals surface area contributed by atoms with Gasteiger partial charge >= 0.3 is 0 Å². The summed E-state index contributed by atoms with van der Waals surface area (Å²) in [7, 11) is 0. The van der Waals surface area contributed by atoms with Crippen LogP contribution < -0.4 is 0 Å². The number of carbonyl (C=O) groups is 2. The molecule has 0 bridgehead atoms. The highest BCUT2D eigenvalue weighted by atomic mass is 32.2. The minimum absolute atomic E-state index is 0.0887. The van der Waals surface area contributed by atoms with Gasteiger partial charge in [-0.15, -0.1) is 0 Å². The largest absolute Gasteiger partial charge is 0.393 e. The summed E-state index contributed by atoms with van der Waals surface area (Å²) in [5, 5.41) is 23.3. The number of hydrogen-bond acceptors (Lipinski definition) is 6. The molecule has 0 unspecified atom stereocenters. The fourth-order valence-electron chi connectivity index (χ4n) is 7.97. The van der Waals surface area contributed by atoms with Gasteiger partial charge in [0.25, 0.3) is 0 Å². The first-order valence-electron chi connectivity index (χ1n) is 12.6. The lowest BCUT2D eigenvalue weighted by Crippen LogP contribution is -2.62. The molecule has 0 aromatic heterocycles. The predicted molar refractivity (Wildman–Crippen MR) is 136 cm³/mol. The summed E-state index contributed by atoms with van der Waals surface area (Å²) in [6, 6.07) is 0. The second-order valence-corrected chi connectivity index (χ2v) is 12.7. The Balaban J connectivity index is 1.56. The van der Waals surface area contributed by atoms with Crippen LogP contribution in [0.1, 0.15) is 72.6 Å². The highest BCUT2D eigenvalue weighted by Crippen LogP contribution is 2.67. The van der Waals surface area contributed by atoms with Crippen LogP contribution in [0.25, 0.3) is 0 Å². The van der Waals surface area contributed by atoms with Crippen LogP contribution >= 0.6 is 24.0 Å². The van der Waals surface area contributed by atoms with Crippen LogP contribution in [0.15, 0.2) is 11.6 Å². The molecule has 4 aliphatic rings. The lowest BCUT2D eigenvalue weighted by Gasteiger charge is -2.60. The fraction of sp³-hybridized carbons (Fsp3) is 0.808. The molecule has 0 spiro atoms. The number of rotatable bonds is 5. The van der Waals surface area contributed by atoms with Crippen molar-refractivity contribution in [2.45, 2.75) is 84.3 Å². The summed E-state index contributed by atoms with van der Waals surface area (Å²) in [5.74, 6) is 0.785. The number of allylic oxidation sites excluding steroid dienone is 1. The SMILES string of the molecule is CCN(CC)C(=S)SCC(=O)[C@@]1(O)CC[C@H]2[C@H]3CCC4=CC(=O)CC[C@]4(C)[C@H]3[C@@H](O)C[C@@]21C. The molecule has 0 amide bonds. The van der Waals surface area contributed by atoms with Crippen LogP contribution in [-0.4, -0.2) is 61.5 Å². The lowest BCUT2D eigenvalue weighted by atomic mass is 9.45. The molecule has 0 heterocycles. The normalized spacial score (nSPS) is 42.1. The van der Waals surface area contributed by atoms with Gasteiger partial charge in [0.05, 0.1) is 11.9 Å². The average molecular weight is 494 g/mol. The quantitative estimate of drug-likeness (QED) is 0.557. The maximum absolute atomic E-state index is 13.4. The Kier molecular flexibility index (Phi) is 6.93. The van der Waals surface area contributed by atoms with Gasteiger partial charge in [-0.25, -0.2) is 0 Å². The molecule has 5 nitrogen and oxygen atoms in total. The summed E-state index contributed by atoms with van der Waals surface area (Å²) in [6.45, 7) is 9.95. The third kappa shape index (κ3) is 3.85. The van der Waals surface area contributed by atoms with Crippen molar-refractivity contribution in [2.75, 3.05) is 18.8 Å². The Morgan fingerprint density at radius 2 is 1.91 bits per heavy atom. The van der Waals surface area contributed by atoms with E-state index in [-0.39, 0.29) is 40.5 Å². The zero-order valence-electron chi connectivity index (χ0n) is 20.4. The van der Waals surface area contributed by atoms with Crippen molar-refractivity contribution in [1.82, 2.24) is 4.90 Å². The van der Waals surface area contributed by atoms with Gasteiger partial charge in [0.15, 0.2) is 11.6 Å². The number of nitrogens with zero attached hydrogens (tertiary/aromatic N) is 1. The lowest BCUT2D eigenvalue weighted by molar-refractivity contribution is -0.178. The van der Waals surface area contributed by atoms with Gasteiger partial charge in [0.1, 0.15) is 9.92 Å². The van der Waals surface area contributed by atoms with Crippen molar-refractivity contribution in [3.8, 4) is 0 Å². The van der Waals surface area contributed by atoms with Crippen LogP contribution in [0, 0.1) is 28.6 Å². The number of aliphatic hydroxyl groups excluding tert-OH is 1. The third-order valence-electron chi connectivity index (χ3n) is 9.86. The molecular weight excluding hydrogens is 454 g/mol. The molecule has 3 fully saturated rings. The Morgan fingerprint density at radius 1 is 1.21 bits per heavy atom. The van der Waals surface area contributed by atoms with E-state index in [0.29, 0.717) is 23.6 Å². The Hall–Kier alpha value is -0.760. The number of thioether (sulfide) groups is 1. The summed E-state index contributed by atoms with van der Waals surface area (Å²) in [5.41, 5.74) is -1.01. The number of aliphatic hydroxyl groups is 2. The van der Waals surface area contributed by atoms with Crippen molar-refractivity contribution >= 4 is 39.9 Å². The summed E-state index contributed by atoms with van der Waals surface area (Å²) < 4.78 is 0.701. The van der Waals surface area contributed by atoms with Crippen LogP contribution in [-0.2, 0) is 9.59 Å². The molecule has 184 valence electrons. The highest BCUT2D eigenvalue weighted by molar-refractivity contribution is 8.23. The van der Waals surface area contributed by atoms with Gasteiger partial charge in [0.2, 0.25) is 0 Å². The Morgan fingerprint density at radius 3 is 2.58 bits per heavy atom. The third-order valence-corrected chi connectivity index (χ3v) is 11.4.